The minimum atomic E-state index is -0.806. The van der Waals surface area contributed by atoms with E-state index in [-0.39, 0.29) is 18.8 Å². The van der Waals surface area contributed by atoms with Crippen LogP contribution in [0.25, 0.3) is 0 Å². The molecule has 2 aliphatic rings. The summed E-state index contributed by atoms with van der Waals surface area (Å²) in [6, 6.07) is 9.28. The van der Waals surface area contributed by atoms with Crippen molar-refractivity contribution in [1.82, 2.24) is 10.8 Å². The number of carbonyl (C=O) groups is 1. The Balaban J connectivity index is 1.51. The average molecular weight is 378 g/mol. The molecule has 1 aromatic carbocycles. The topological polar surface area (TPSA) is 89.1 Å². The third-order valence-electron chi connectivity index (χ3n) is 5.07. The number of carbonyl (C=O) groups excluding carboxylic acids is 1. The van der Waals surface area contributed by atoms with Crippen molar-refractivity contribution in [3.63, 3.8) is 0 Å². The molecule has 1 amide bonds. The third kappa shape index (κ3) is 6.77. The molecule has 2 fully saturated rings. The fourth-order valence-electron chi connectivity index (χ4n) is 3.49. The number of amides is 1. The zero-order chi connectivity index (χ0) is 18.9. The highest BCUT2D eigenvalue weighted by molar-refractivity contribution is 5.68. The maximum atomic E-state index is 12.2. The normalized spacial score (nSPS) is 22.5. The van der Waals surface area contributed by atoms with Crippen LogP contribution in [0.15, 0.2) is 30.3 Å². The van der Waals surface area contributed by atoms with E-state index in [1.165, 1.54) is 12.8 Å². The molecule has 0 spiro atoms. The number of aliphatic hydroxyl groups excluding tert-OH is 1. The van der Waals surface area contributed by atoms with Gasteiger partial charge in [-0.3, -0.25) is 4.84 Å². The second-order valence-corrected chi connectivity index (χ2v) is 7.27. The predicted octanol–water partition coefficient (Wildman–Crippen LogP) is 1.94. The Morgan fingerprint density at radius 1 is 1.19 bits per heavy atom. The van der Waals surface area contributed by atoms with Crippen LogP contribution in [0.1, 0.15) is 37.7 Å². The summed E-state index contributed by atoms with van der Waals surface area (Å²) in [4.78, 5) is 17.9. The smallest absolute Gasteiger partial charge is 0.407 e. The minimum Gasteiger partial charge on any atom is -0.444 e. The van der Waals surface area contributed by atoms with E-state index in [0.717, 1.165) is 18.4 Å². The van der Waals surface area contributed by atoms with Gasteiger partial charge in [0.1, 0.15) is 6.10 Å². The molecule has 3 rings (SSSR count). The largest absolute Gasteiger partial charge is 0.444 e. The number of hydroxylamine groups is 1. The van der Waals surface area contributed by atoms with E-state index in [1.54, 1.807) is 0 Å². The Labute approximate surface area is 160 Å². The van der Waals surface area contributed by atoms with Crippen molar-refractivity contribution in [2.75, 3.05) is 19.8 Å². The first-order chi connectivity index (χ1) is 13.2. The van der Waals surface area contributed by atoms with Crippen LogP contribution in [-0.2, 0) is 20.7 Å². The van der Waals surface area contributed by atoms with Gasteiger partial charge in [-0.25, -0.2) is 4.79 Å². The molecule has 1 aliphatic carbocycles. The van der Waals surface area contributed by atoms with Crippen molar-refractivity contribution >= 4 is 6.09 Å². The molecule has 3 N–H and O–H groups in total. The number of aliphatic hydroxyl groups is 1. The molecule has 7 nitrogen and oxygen atoms in total. The first kappa shape index (κ1) is 20.1. The van der Waals surface area contributed by atoms with Crippen molar-refractivity contribution in [1.29, 1.82) is 0 Å². The van der Waals surface area contributed by atoms with Gasteiger partial charge in [0.2, 0.25) is 0 Å². The summed E-state index contributed by atoms with van der Waals surface area (Å²) >= 11 is 0. The lowest BCUT2D eigenvalue weighted by molar-refractivity contribution is -0.0414. The SMILES string of the molecule is O=C(N[C@@H](Cc1ccccc1)[C@H](O)CNOC1CCCC1)O[C@H]1CCOC1. The van der Waals surface area contributed by atoms with E-state index in [9.17, 15) is 9.90 Å². The number of alkyl carbamates (subject to hydrolysis) is 1. The number of hydrogen-bond acceptors (Lipinski definition) is 6. The fraction of sp³-hybridized carbons (Fsp3) is 0.650. The Kier molecular flexibility index (Phi) is 7.89. The zero-order valence-electron chi connectivity index (χ0n) is 15.6. The van der Waals surface area contributed by atoms with Gasteiger partial charge < -0.3 is 19.9 Å². The van der Waals surface area contributed by atoms with E-state index in [1.807, 2.05) is 30.3 Å². The Morgan fingerprint density at radius 2 is 1.96 bits per heavy atom. The first-order valence-electron chi connectivity index (χ1n) is 9.86. The summed E-state index contributed by atoms with van der Waals surface area (Å²) in [6.45, 7) is 1.27. The van der Waals surface area contributed by atoms with Gasteiger partial charge in [0.05, 0.1) is 31.5 Å². The molecule has 7 heteroatoms. The van der Waals surface area contributed by atoms with Crippen molar-refractivity contribution in [3.05, 3.63) is 35.9 Å². The van der Waals surface area contributed by atoms with Crippen LogP contribution in [0.2, 0.25) is 0 Å². The van der Waals surface area contributed by atoms with Crippen molar-refractivity contribution in [3.8, 4) is 0 Å². The molecule has 0 radical (unpaired) electrons. The summed E-state index contributed by atoms with van der Waals surface area (Å²) < 4.78 is 10.6. The lowest BCUT2D eigenvalue weighted by Crippen LogP contribution is -2.49. The molecule has 0 bridgehead atoms. The van der Waals surface area contributed by atoms with Crippen LogP contribution in [0.4, 0.5) is 4.79 Å². The Hall–Kier alpha value is -1.67. The maximum Gasteiger partial charge on any atom is 0.407 e. The Bertz CT molecular complexity index is 559. The van der Waals surface area contributed by atoms with Crippen LogP contribution in [0.3, 0.4) is 0 Å². The molecule has 0 aromatic heterocycles. The van der Waals surface area contributed by atoms with E-state index < -0.39 is 18.2 Å². The number of rotatable bonds is 9. The molecule has 0 unspecified atom stereocenters. The zero-order valence-corrected chi connectivity index (χ0v) is 15.6. The van der Waals surface area contributed by atoms with Crippen molar-refractivity contribution in [2.45, 2.75) is 62.9 Å². The second-order valence-electron chi connectivity index (χ2n) is 7.27. The minimum absolute atomic E-state index is 0.213. The van der Waals surface area contributed by atoms with Gasteiger partial charge in [-0.1, -0.05) is 43.2 Å². The maximum absolute atomic E-state index is 12.2. The molecular formula is C20H30N2O5. The molecule has 1 heterocycles. The number of nitrogens with one attached hydrogen (secondary N) is 2. The molecule has 1 saturated heterocycles. The molecular weight excluding hydrogens is 348 g/mol. The lowest BCUT2D eigenvalue weighted by Gasteiger charge is -2.25. The van der Waals surface area contributed by atoms with Crippen LogP contribution in [0.5, 0.6) is 0 Å². The summed E-state index contributed by atoms with van der Waals surface area (Å²) in [5.74, 6) is 0. The third-order valence-corrected chi connectivity index (χ3v) is 5.07. The highest BCUT2D eigenvalue weighted by Crippen LogP contribution is 2.20. The van der Waals surface area contributed by atoms with E-state index >= 15 is 0 Å². The van der Waals surface area contributed by atoms with Crippen molar-refractivity contribution in [2.24, 2.45) is 0 Å². The summed E-state index contributed by atoms with van der Waals surface area (Å²) in [5, 5.41) is 13.4. The number of benzene rings is 1. The van der Waals surface area contributed by atoms with Gasteiger partial charge in [-0.2, -0.15) is 5.48 Å². The standard InChI is InChI=1S/C20H30N2O5/c23-19(13-21-27-16-8-4-5-9-16)18(12-15-6-2-1-3-7-15)22-20(24)26-17-10-11-25-14-17/h1-3,6-7,16-19,21,23H,4-5,8-14H2,(H,22,24)/t17-,18-,19+/m0/s1. The molecule has 27 heavy (non-hydrogen) atoms. The fourth-order valence-corrected chi connectivity index (χ4v) is 3.49. The highest BCUT2D eigenvalue weighted by Gasteiger charge is 2.26. The highest BCUT2D eigenvalue weighted by atomic mass is 16.7. The van der Waals surface area contributed by atoms with Gasteiger partial charge >= 0.3 is 6.09 Å². The van der Waals surface area contributed by atoms with Crippen LogP contribution < -0.4 is 10.8 Å². The van der Waals surface area contributed by atoms with Gasteiger partial charge in [-0.05, 0) is 24.8 Å². The molecule has 1 aromatic rings. The number of ether oxygens (including phenoxy) is 2. The quantitative estimate of drug-likeness (QED) is 0.569. The number of hydrogen-bond donors (Lipinski definition) is 3. The predicted molar refractivity (Wildman–Crippen MR) is 100 cm³/mol. The summed E-state index contributed by atoms with van der Waals surface area (Å²) in [6.07, 6.45) is 4.33. The molecule has 3 atom stereocenters. The molecule has 1 aliphatic heterocycles. The summed E-state index contributed by atoms with van der Waals surface area (Å²) in [7, 11) is 0. The van der Waals surface area contributed by atoms with E-state index in [0.29, 0.717) is 26.1 Å². The summed E-state index contributed by atoms with van der Waals surface area (Å²) in [5.41, 5.74) is 3.91. The molecule has 150 valence electrons. The van der Waals surface area contributed by atoms with Crippen LogP contribution in [-0.4, -0.2) is 55.3 Å². The average Bonchev–Trinajstić information content (AvgIpc) is 3.36. The lowest BCUT2D eigenvalue weighted by atomic mass is 10.0. The molecule has 1 saturated carbocycles. The van der Waals surface area contributed by atoms with Crippen LogP contribution in [0, 0.1) is 0 Å². The Morgan fingerprint density at radius 3 is 2.67 bits per heavy atom. The second kappa shape index (κ2) is 10.6. The van der Waals surface area contributed by atoms with Gasteiger partial charge in [0, 0.05) is 13.0 Å². The van der Waals surface area contributed by atoms with E-state index in [2.05, 4.69) is 10.8 Å². The first-order valence-corrected chi connectivity index (χ1v) is 9.86. The van der Waals surface area contributed by atoms with Crippen LogP contribution >= 0.6 is 0 Å². The van der Waals surface area contributed by atoms with Gasteiger partial charge in [0.15, 0.2) is 0 Å². The van der Waals surface area contributed by atoms with Gasteiger partial charge in [-0.15, -0.1) is 0 Å². The van der Waals surface area contributed by atoms with Crippen molar-refractivity contribution < 1.29 is 24.2 Å². The van der Waals surface area contributed by atoms with E-state index in [4.69, 9.17) is 14.3 Å². The monoisotopic (exact) mass is 378 g/mol. The van der Waals surface area contributed by atoms with Gasteiger partial charge in [0.25, 0.3) is 0 Å².